The minimum Gasteiger partial charge on any atom is -0.368 e. The van der Waals surface area contributed by atoms with Gasteiger partial charge in [0.1, 0.15) is 11.5 Å². The number of rotatable bonds is 2. The zero-order valence-electron chi connectivity index (χ0n) is 9.31. The first kappa shape index (κ1) is 10.5. The highest BCUT2D eigenvalue weighted by Crippen LogP contribution is 2.13. The van der Waals surface area contributed by atoms with Gasteiger partial charge in [-0.05, 0) is 19.1 Å². The molecule has 5 nitrogen and oxygen atoms in total. The van der Waals surface area contributed by atoms with Crippen molar-refractivity contribution in [3.05, 3.63) is 29.7 Å². The summed E-state index contributed by atoms with van der Waals surface area (Å²) >= 11 is 0. The number of nitrogens with zero attached hydrogens (tertiary/aromatic N) is 4. The van der Waals surface area contributed by atoms with Crippen LogP contribution in [0.2, 0.25) is 0 Å². The topological polar surface area (TPSA) is 77.6 Å². The third-order valence-electron chi connectivity index (χ3n) is 2.13. The number of aryl methyl sites for hydroxylation is 2. The molecule has 0 atom stereocenters. The number of aromatic nitrogens is 4. The van der Waals surface area contributed by atoms with Crippen molar-refractivity contribution in [2.24, 2.45) is 0 Å². The summed E-state index contributed by atoms with van der Waals surface area (Å²) in [5.74, 6) is 1.46. The minimum atomic E-state index is 0.241. The second kappa shape index (κ2) is 4.22. The van der Waals surface area contributed by atoms with E-state index in [-0.39, 0.29) is 5.95 Å². The van der Waals surface area contributed by atoms with Gasteiger partial charge in [0.15, 0.2) is 5.82 Å². The standard InChI is InChI=1S/C11H13N5/c1-3-9-14-10(16-11(12)15-9)8-6-4-5-7(2)13-8/h4-6H,3H2,1-2H3,(H2,12,14,15,16). The molecule has 2 aromatic rings. The highest BCUT2D eigenvalue weighted by Gasteiger charge is 2.06. The van der Waals surface area contributed by atoms with Crippen LogP contribution in [-0.4, -0.2) is 19.9 Å². The molecule has 0 saturated heterocycles. The van der Waals surface area contributed by atoms with E-state index in [1.807, 2.05) is 32.0 Å². The lowest BCUT2D eigenvalue weighted by atomic mass is 10.3. The Labute approximate surface area is 93.8 Å². The van der Waals surface area contributed by atoms with Gasteiger partial charge in [-0.15, -0.1) is 0 Å². The molecule has 0 fully saturated rings. The summed E-state index contributed by atoms with van der Waals surface area (Å²) in [5.41, 5.74) is 7.27. The molecule has 0 aliphatic rings. The van der Waals surface area contributed by atoms with E-state index in [1.165, 1.54) is 0 Å². The van der Waals surface area contributed by atoms with Crippen LogP contribution in [0, 0.1) is 6.92 Å². The van der Waals surface area contributed by atoms with Crippen molar-refractivity contribution >= 4 is 5.95 Å². The van der Waals surface area contributed by atoms with E-state index in [4.69, 9.17) is 5.73 Å². The highest BCUT2D eigenvalue weighted by molar-refractivity contribution is 5.50. The maximum absolute atomic E-state index is 5.62. The van der Waals surface area contributed by atoms with Crippen molar-refractivity contribution in [2.45, 2.75) is 20.3 Å². The number of pyridine rings is 1. The normalized spacial score (nSPS) is 10.4. The first-order chi connectivity index (χ1) is 7.69. The van der Waals surface area contributed by atoms with E-state index in [0.29, 0.717) is 11.6 Å². The maximum atomic E-state index is 5.62. The molecular formula is C11H13N5. The first-order valence-corrected chi connectivity index (χ1v) is 5.13. The Kier molecular flexibility index (Phi) is 2.76. The zero-order valence-corrected chi connectivity index (χ0v) is 9.31. The zero-order chi connectivity index (χ0) is 11.5. The molecule has 2 heterocycles. The van der Waals surface area contributed by atoms with Crippen LogP contribution in [0.1, 0.15) is 18.4 Å². The van der Waals surface area contributed by atoms with Crippen molar-refractivity contribution in [1.82, 2.24) is 19.9 Å². The van der Waals surface area contributed by atoms with Crippen LogP contribution in [0.3, 0.4) is 0 Å². The van der Waals surface area contributed by atoms with Gasteiger partial charge in [-0.25, -0.2) is 9.97 Å². The smallest absolute Gasteiger partial charge is 0.223 e. The van der Waals surface area contributed by atoms with E-state index in [1.54, 1.807) is 0 Å². The lowest BCUT2D eigenvalue weighted by molar-refractivity contribution is 0.908. The van der Waals surface area contributed by atoms with Gasteiger partial charge in [0.25, 0.3) is 0 Å². The lowest BCUT2D eigenvalue weighted by Crippen LogP contribution is -2.05. The monoisotopic (exact) mass is 215 g/mol. The summed E-state index contributed by atoms with van der Waals surface area (Å²) in [6.07, 6.45) is 0.728. The molecule has 82 valence electrons. The summed E-state index contributed by atoms with van der Waals surface area (Å²) in [7, 11) is 0. The summed E-state index contributed by atoms with van der Waals surface area (Å²) in [5, 5.41) is 0. The van der Waals surface area contributed by atoms with Gasteiger partial charge in [-0.1, -0.05) is 13.0 Å². The van der Waals surface area contributed by atoms with Crippen molar-refractivity contribution in [1.29, 1.82) is 0 Å². The molecule has 0 unspecified atom stereocenters. The summed E-state index contributed by atoms with van der Waals surface area (Å²) in [4.78, 5) is 16.8. The van der Waals surface area contributed by atoms with Gasteiger partial charge in [-0.2, -0.15) is 9.97 Å². The summed E-state index contributed by atoms with van der Waals surface area (Å²) in [6.45, 7) is 3.90. The van der Waals surface area contributed by atoms with E-state index in [0.717, 1.165) is 17.8 Å². The molecular weight excluding hydrogens is 202 g/mol. The molecule has 0 aromatic carbocycles. The Hall–Kier alpha value is -2.04. The minimum absolute atomic E-state index is 0.241. The molecule has 0 aliphatic heterocycles. The summed E-state index contributed by atoms with van der Waals surface area (Å²) in [6, 6.07) is 5.71. The average Bonchev–Trinajstić information content (AvgIpc) is 2.28. The molecule has 0 bridgehead atoms. The second-order valence-electron chi connectivity index (χ2n) is 3.45. The number of nitrogens with two attached hydrogens (primary N) is 1. The van der Waals surface area contributed by atoms with Gasteiger partial charge in [0.2, 0.25) is 5.95 Å². The Morgan fingerprint density at radius 1 is 1.12 bits per heavy atom. The fourth-order valence-corrected chi connectivity index (χ4v) is 1.38. The van der Waals surface area contributed by atoms with Gasteiger partial charge < -0.3 is 5.73 Å². The largest absolute Gasteiger partial charge is 0.368 e. The van der Waals surface area contributed by atoms with E-state index < -0.39 is 0 Å². The number of anilines is 1. The molecule has 0 amide bonds. The van der Waals surface area contributed by atoms with Crippen LogP contribution in [-0.2, 0) is 6.42 Å². The van der Waals surface area contributed by atoms with Crippen LogP contribution in [0.5, 0.6) is 0 Å². The molecule has 2 aromatic heterocycles. The summed E-state index contributed by atoms with van der Waals surface area (Å²) < 4.78 is 0. The fourth-order valence-electron chi connectivity index (χ4n) is 1.38. The molecule has 0 aliphatic carbocycles. The third kappa shape index (κ3) is 2.13. The number of hydrogen-bond acceptors (Lipinski definition) is 5. The molecule has 2 N–H and O–H groups in total. The van der Waals surface area contributed by atoms with Gasteiger partial charge in [0, 0.05) is 12.1 Å². The molecule has 2 rings (SSSR count). The van der Waals surface area contributed by atoms with Gasteiger partial charge in [-0.3, -0.25) is 0 Å². The van der Waals surface area contributed by atoms with Crippen LogP contribution >= 0.6 is 0 Å². The molecule has 0 saturated carbocycles. The molecule has 0 spiro atoms. The molecule has 16 heavy (non-hydrogen) atoms. The maximum Gasteiger partial charge on any atom is 0.223 e. The van der Waals surface area contributed by atoms with Gasteiger partial charge >= 0.3 is 0 Å². The SMILES string of the molecule is CCc1nc(N)nc(-c2cccc(C)n2)n1. The van der Waals surface area contributed by atoms with Crippen molar-refractivity contribution in [3.63, 3.8) is 0 Å². The van der Waals surface area contributed by atoms with Crippen molar-refractivity contribution in [3.8, 4) is 11.5 Å². The third-order valence-corrected chi connectivity index (χ3v) is 2.13. The number of hydrogen-bond donors (Lipinski definition) is 1. The molecule has 0 radical (unpaired) electrons. The highest BCUT2D eigenvalue weighted by atomic mass is 15.1. The lowest BCUT2D eigenvalue weighted by Gasteiger charge is -2.03. The van der Waals surface area contributed by atoms with E-state index >= 15 is 0 Å². The second-order valence-corrected chi connectivity index (χ2v) is 3.45. The van der Waals surface area contributed by atoms with E-state index in [9.17, 15) is 0 Å². The Morgan fingerprint density at radius 2 is 1.94 bits per heavy atom. The van der Waals surface area contributed by atoms with Gasteiger partial charge in [0.05, 0.1) is 0 Å². The quantitative estimate of drug-likeness (QED) is 0.819. The first-order valence-electron chi connectivity index (χ1n) is 5.13. The Balaban J connectivity index is 2.51. The predicted octanol–water partition coefficient (Wildman–Crippen LogP) is 1.39. The Bertz CT molecular complexity index is 509. The molecule has 5 heteroatoms. The predicted molar refractivity (Wildman–Crippen MR) is 61.6 cm³/mol. The fraction of sp³-hybridized carbons (Fsp3) is 0.273. The van der Waals surface area contributed by atoms with Crippen LogP contribution < -0.4 is 5.73 Å². The number of nitrogen functional groups attached to an aromatic ring is 1. The van der Waals surface area contributed by atoms with Crippen molar-refractivity contribution in [2.75, 3.05) is 5.73 Å². The van der Waals surface area contributed by atoms with Crippen LogP contribution in [0.25, 0.3) is 11.5 Å². The van der Waals surface area contributed by atoms with E-state index in [2.05, 4.69) is 19.9 Å². The average molecular weight is 215 g/mol. The van der Waals surface area contributed by atoms with Crippen LogP contribution in [0.15, 0.2) is 18.2 Å². The van der Waals surface area contributed by atoms with Crippen molar-refractivity contribution < 1.29 is 0 Å². The Morgan fingerprint density at radius 3 is 2.62 bits per heavy atom. The van der Waals surface area contributed by atoms with Crippen LogP contribution in [0.4, 0.5) is 5.95 Å².